The zero-order valence-corrected chi connectivity index (χ0v) is 10.4. The molecule has 0 atom stereocenters. The Kier molecular flexibility index (Phi) is 4.65. The summed E-state index contributed by atoms with van der Waals surface area (Å²) in [5, 5.41) is 19.5. The van der Waals surface area contributed by atoms with E-state index < -0.39 is 10.9 Å². The van der Waals surface area contributed by atoms with Crippen molar-refractivity contribution < 1.29 is 14.8 Å². The Labute approximate surface area is 105 Å². The molecule has 0 saturated carbocycles. The highest BCUT2D eigenvalue weighted by atomic mass is 16.6. The molecule has 6 heteroatoms. The Morgan fingerprint density at radius 2 is 2.17 bits per heavy atom. The van der Waals surface area contributed by atoms with Gasteiger partial charge in [0.25, 0.3) is 5.69 Å². The van der Waals surface area contributed by atoms with Crippen LogP contribution in [0.25, 0.3) is 0 Å². The van der Waals surface area contributed by atoms with E-state index in [0.29, 0.717) is 18.7 Å². The third-order valence-electron chi connectivity index (χ3n) is 2.68. The third-order valence-corrected chi connectivity index (χ3v) is 2.68. The maximum Gasteiger partial charge on any atom is 0.303 e. The molecule has 0 aliphatic carbocycles. The van der Waals surface area contributed by atoms with Gasteiger partial charge in [-0.05, 0) is 18.9 Å². The average molecular weight is 252 g/mol. The lowest BCUT2D eigenvalue weighted by Gasteiger charge is -2.20. The molecule has 0 unspecified atom stereocenters. The van der Waals surface area contributed by atoms with Gasteiger partial charge in [0, 0.05) is 26.1 Å². The van der Waals surface area contributed by atoms with Crippen LogP contribution in [0.15, 0.2) is 18.2 Å². The Balaban J connectivity index is 2.87. The first-order chi connectivity index (χ1) is 8.43. The van der Waals surface area contributed by atoms with Crippen molar-refractivity contribution in [2.45, 2.75) is 19.8 Å². The highest BCUT2D eigenvalue weighted by Crippen LogP contribution is 2.30. The van der Waals surface area contributed by atoms with Crippen LogP contribution in [-0.4, -0.2) is 29.6 Å². The van der Waals surface area contributed by atoms with E-state index in [0.717, 1.165) is 5.56 Å². The molecule has 18 heavy (non-hydrogen) atoms. The van der Waals surface area contributed by atoms with Gasteiger partial charge >= 0.3 is 5.97 Å². The van der Waals surface area contributed by atoms with Gasteiger partial charge < -0.3 is 10.0 Å². The Morgan fingerprint density at radius 1 is 1.50 bits per heavy atom. The third kappa shape index (κ3) is 3.44. The topological polar surface area (TPSA) is 83.7 Å². The quantitative estimate of drug-likeness (QED) is 0.619. The monoisotopic (exact) mass is 252 g/mol. The highest BCUT2D eigenvalue weighted by molar-refractivity contribution is 5.68. The summed E-state index contributed by atoms with van der Waals surface area (Å²) < 4.78 is 0. The zero-order chi connectivity index (χ0) is 13.7. The minimum absolute atomic E-state index is 0.0489. The fourth-order valence-corrected chi connectivity index (χ4v) is 1.87. The fourth-order valence-electron chi connectivity index (χ4n) is 1.87. The van der Waals surface area contributed by atoms with Crippen molar-refractivity contribution >= 4 is 17.3 Å². The van der Waals surface area contributed by atoms with Crippen LogP contribution in [-0.2, 0) is 4.79 Å². The number of hydrogen-bond donors (Lipinski definition) is 1. The number of carboxylic acid groups (broad SMARTS) is 1. The molecule has 0 aliphatic rings. The van der Waals surface area contributed by atoms with E-state index >= 15 is 0 Å². The van der Waals surface area contributed by atoms with Gasteiger partial charge in [-0.3, -0.25) is 14.9 Å². The minimum atomic E-state index is -0.859. The number of aliphatic carboxylic acids is 1. The van der Waals surface area contributed by atoms with E-state index in [-0.39, 0.29) is 12.1 Å². The van der Waals surface area contributed by atoms with Gasteiger partial charge in [0.1, 0.15) is 5.69 Å². The van der Waals surface area contributed by atoms with E-state index in [9.17, 15) is 14.9 Å². The first kappa shape index (κ1) is 14.0. The number of para-hydroxylation sites is 1. The van der Waals surface area contributed by atoms with Crippen LogP contribution in [0.2, 0.25) is 0 Å². The van der Waals surface area contributed by atoms with E-state index in [1.807, 2.05) is 0 Å². The molecule has 0 bridgehead atoms. The zero-order valence-electron chi connectivity index (χ0n) is 10.4. The minimum Gasteiger partial charge on any atom is -0.481 e. The van der Waals surface area contributed by atoms with Gasteiger partial charge in [-0.1, -0.05) is 12.1 Å². The van der Waals surface area contributed by atoms with Crippen molar-refractivity contribution in [3.8, 4) is 0 Å². The summed E-state index contributed by atoms with van der Waals surface area (Å²) in [5.74, 6) is -0.859. The first-order valence-corrected chi connectivity index (χ1v) is 5.60. The van der Waals surface area contributed by atoms with Crippen molar-refractivity contribution in [3.63, 3.8) is 0 Å². The second-order valence-corrected chi connectivity index (χ2v) is 4.12. The standard InChI is InChI=1S/C12H16N2O4/c1-9-5-3-6-10(14(17)18)12(9)13(2)8-4-7-11(15)16/h3,5-6H,4,7-8H2,1-2H3,(H,15,16). The molecular weight excluding hydrogens is 236 g/mol. The van der Waals surface area contributed by atoms with Crippen LogP contribution in [0, 0.1) is 17.0 Å². The lowest BCUT2D eigenvalue weighted by Crippen LogP contribution is -2.21. The Morgan fingerprint density at radius 3 is 2.72 bits per heavy atom. The number of carbonyl (C=O) groups is 1. The van der Waals surface area contributed by atoms with E-state index in [4.69, 9.17) is 5.11 Å². The van der Waals surface area contributed by atoms with Crippen molar-refractivity contribution in [2.24, 2.45) is 0 Å². The van der Waals surface area contributed by atoms with Crippen molar-refractivity contribution in [2.75, 3.05) is 18.5 Å². The number of nitro groups is 1. The number of benzene rings is 1. The number of hydrogen-bond acceptors (Lipinski definition) is 4. The number of carboxylic acids is 1. The van der Waals surface area contributed by atoms with Gasteiger partial charge in [-0.2, -0.15) is 0 Å². The molecule has 1 rings (SSSR count). The SMILES string of the molecule is Cc1cccc([N+](=O)[O-])c1N(C)CCCC(=O)O. The average Bonchev–Trinajstić information content (AvgIpc) is 2.27. The Bertz CT molecular complexity index is 459. The van der Waals surface area contributed by atoms with Crippen molar-refractivity contribution in [1.29, 1.82) is 0 Å². The number of aryl methyl sites for hydroxylation is 1. The first-order valence-electron chi connectivity index (χ1n) is 5.60. The van der Waals surface area contributed by atoms with Crippen LogP contribution >= 0.6 is 0 Å². The molecule has 6 nitrogen and oxygen atoms in total. The molecule has 0 amide bonds. The second-order valence-electron chi connectivity index (χ2n) is 4.12. The molecule has 0 aliphatic heterocycles. The van der Waals surface area contributed by atoms with E-state index in [2.05, 4.69) is 0 Å². The molecule has 1 N–H and O–H groups in total. The fraction of sp³-hybridized carbons (Fsp3) is 0.417. The predicted octanol–water partition coefficient (Wildman–Crippen LogP) is 2.20. The number of nitro benzene ring substituents is 1. The lowest BCUT2D eigenvalue weighted by atomic mass is 10.1. The van der Waals surface area contributed by atoms with Gasteiger partial charge in [-0.15, -0.1) is 0 Å². The van der Waals surface area contributed by atoms with Crippen LogP contribution in [0.1, 0.15) is 18.4 Å². The summed E-state index contributed by atoms with van der Waals surface area (Å²) in [5.41, 5.74) is 1.41. The number of nitrogens with zero attached hydrogens (tertiary/aromatic N) is 2. The summed E-state index contributed by atoms with van der Waals surface area (Å²) in [4.78, 5) is 22.7. The molecule has 1 aromatic rings. The van der Waals surface area contributed by atoms with Gasteiger partial charge in [0.2, 0.25) is 0 Å². The number of rotatable bonds is 6. The maximum absolute atomic E-state index is 10.9. The van der Waals surface area contributed by atoms with Gasteiger partial charge in [-0.25, -0.2) is 0 Å². The van der Waals surface area contributed by atoms with Crippen molar-refractivity contribution in [1.82, 2.24) is 0 Å². The smallest absolute Gasteiger partial charge is 0.303 e. The predicted molar refractivity (Wildman–Crippen MR) is 68.0 cm³/mol. The largest absolute Gasteiger partial charge is 0.481 e. The molecule has 98 valence electrons. The molecule has 0 heterocycles. The summed E-state index contributed by atoms with van der Waals surface area (Å²) >= 11 is 0. The van der Waals surface area contributed by atoms with Crippen molar-refractivity contribution in [3.05, 3.63) is 33.9 Å². The van der Waals surface area contributed by atoms with E-state index in [1.165, 1.54) is 6.07 Å². The second kappa shape index (κ2) is 6.00. The lowest BCUT2D eigenvalue weighted by molar-refractivity contribution is -0.384. The summed E-state index contributed by atoms with van der Waals surface area (Å²) in [6.07, 6.45) is 0.515. The Hall–Kier alpha value is -2.11. The summed E-state index contributed by atoms with van der Waals surface area (Å²) in [7, 11) is 1.73. The van der Waals surface area contributed by atoms with Crippen LogP contribution in [0.4, 0.5) is 11.4 Å². The van der Waals surface area contributed by atoms with Gasteiger partial charge in [0.05, 0.1) is 4.92 Å². The van der Waals surface area contributed by atoms with Crippen LogP contribution < -0.4 is 4.90 Å². The molecule has 0 aromatic heterocycles. The maximum atomic E-state index is 10.9. The highest BCUT2D eigenvalue weighted by Gasteiger charge is 2.18. The molecule has 0 fully saturated rings. The molecular formula is C12H16N2O4. The van der Waals surface area contributed by atoms with Crippen LogP contribution in [0.3, 0.4) is 0 Å². The van der Waals surface area contributed by atoms with E-state index in [1.54, 1.807) is 31.0 Å². The molecule has 0 radical (unpaired) electrons. The molecule has 1 aromatic carbocycles. The molecule has 0 saturated heterocycles. The summed E-state index contributed by atoms with van der Waals surface area (Å²) in [6.45, 7) is 2.27. The normalized spacial score (nSPS) is 10.1. The number of anilines is 1. The van der Waals surface area contributed by atoms with Gasteiger partial charge in [0.15, 0.2) is 0 Å². The molecule has 0 spiro atoms. The van der Waals surface area contributed by atoms with Crippen LogP contribution in [0.5, 0.6) is 0 Å². The summed E-state index contributed by atoms with van der Waals surface area (Å²) in [6, 6.07) is 4.90.